The topological polar surface area (TPSA) is 68.5 Å². The Hall–Kier alpha value is -3.25. The van der Waals surface area contributed by atoms with Gasteiger partial charge in [0, 0.05) is 30.6 Å². The van der Waals surface area contributed by atoms with Gasteiger partial charge in [-0.3, -0.25) is 4.79 Å². The Morgan fingerprint density at radius 3 is 2.53 bits per heavy atom. The van der Waals surface area contributed by atoms with Crippen molar-refractivity contribution in [3.63, 3.8) is 0 Å². The number of Topliss-reactive ketones (excluding diaryl/α,β-unsaturated/α-hetero) is 1. The van der Waals surface area contributed by atoms with E-state index in [0.29, 0.717) is 29.7 Å². The molecule has 0 unspecified atom stereocenters. The van der Waals surface area contributed by atoms with E-state index in [1.807, 2.05) is 35.7 Å². The Labute approximate surface area is 175 Å². The predicted octanol–water partition coefficient (Wildman–Crippen LogP) is 4.55. The summed E-state index contributed by atoms with van der Waals surface area (Å²) in [6.45, 7) is 1.94. The Kier molecular flexibility index (Phi) is 5.50. The highest BCUT2D eigenvalue weighted by Gasteiger charge is 2.20. The van der Waals surface area contributed by atoms with E-state index in [1.165, 1.54) is 0 Å². The maximum absolute atomic E-state index is 13.0. The van der Waals surface area contributed by atoms with Gasteiger partial charge in [0.05, 0.1) is 9.79 Å². The first-order chi connectivity index (χ1) is 14.5. The van der Waals surface area contributed by atoms with Crippen LogP contribution >= 0.6 is 0 Å². The van der Waals surface area contributed by atoms with Gasteiger partial charge in [-0.2, -0.15) is 0 Å². The first-order valence-electron chi connectivity index (χ1n) is 9.87. The van der Waals surface area contributed by atoms with Crippen molar-refractivity contribution in [1.29, 1.82) is 0 Å². The summed E-state index contributed by atoms with van der Waals surface area (Å²) in [7, 11) is -3.56. The Morgan fingerprint density at radius 1 is 1.00 bits per heavy atom. The van der Waals surface area contributed by atoms with Crippen LogP contribution in [0.5, 0.6) is 0 Å². The smallest absolute Gasteiger partial charge is 0.206 e. The molecule has 0 saturated heterocycles. The summed E-state index contributed by atoms with van der Waals surface area (Å²) in [4.78, 5) is 17.3. The maximum atomic E-state index is 13.0. The van der Waals surface area contributed by atoms with Gasteiger partial charge in [0.15, 0.2) is 5.78 Å². The molecule has 0 aliphatic carbocycles. The third-order valence-corrected chi connectivity index (χ3v) is 7.10. The largest absolute Gasteiger partial charge is 0.306 e. The summed E-state index contributed by atoms with van der Waals surface area (Å²) in [5.74, 6) is 0.0409. The van der Waals surface area contributed by atoms with E-state index in [0.717, 1.165) is 16.8 Å². The fourth-order valence-electron chi connectivity index (χ4n) is 3.51. The molecule has 2 aromatic heterocycles. The first kappa shape index (κ1) is 20.0. The second kappa shape index (κ2) is 8.24. The molecule has 5 nitrogen and oxygen atoms in total. The van der Waals surface area contributed by atoms with Gasteiger partial charge in [0.1, 0.15) is 5.65 Å². The van der Waals surface area contributed by atoms with E-state index < -0.39 is 9.84 Å². The standard InChI is InChI=1S/C24H22N2O3S/c1-2-19-5-3-4-6-23(19)30(28,29)21-11-7-18(8-12-21)9-13-22(27)20-10-14-24-25-15-16-26(24)17-20/h3-8,10-12,14-17H,2,9,13H2,1H3. The third-order valence-electron chi connectivity index (χ3n) is 5.23. The number of carbonyl (C=O) groups excluding carboxylic acids is 1. The van der Waals surface area contributed by atoms with Gasteiger partial charge >= 0.3 is 0 Å². The number of imidazole rings is 1. The molecule has 0 aliphatic heterocycles. The van der Waals surface area contributed by atoms with Gasteiger partial charge < -0.3 is 4.40 Å². The predicted molar refractivity (Wildman–Crippen MR) is 116 cm³/mol. The molecule has 30 heavy (non-hydrogen) atoms. The van der Waals surface area contributed by atoms with E-state index in [9.17, 15) is 13.2 Å². The quantitative estimate of drug-likeness (QED) is 0.413. The molecule has 2 aromatic carbocycles. The van der Waals surface area contributed by atoms with Crippen LogP contribution in [0.3, 0.4) is 0 Å². The number of rotatable bonds is 7. The average Bonchev–Trinajstić information content (AvgIpc) is 3.25. The fourth-order valence-corrected chi connectivity index (χ4v) is 5.07. The van der Waals surface area contributed by atoms with Crippen molar-refractivity contribution in [3.05, 3.63) is 95.9 Å². The van der Waals surface area contributed by atoms with E-state index >= 15 is 0 Å². The van der Waals surface area contributed by atoms with E-state index in [-0.39, 0.29) is 10.7 Å². The lowest BCUT2D eigenvalue weighted by molar-refractivity contribution is 0.0982. The highest BCUT2D eigenvalue weighted by molar-refractivity contribution is 7.91. The van der Waals surface area contributed by atoms with Crippen molar-refractivity contribution in [2.45, 2.75) is 36.0 Å². The van der Waals surface area contributed by atoms with Crippen LogP contribution < -0.4 is 0 Å². The van der Waals surface area contributed by atoms with E-state index in [2.05, 4.69) is 4.98 Å². The molecule has 0 saturated carbocycles. The van der Waals surface area contributed by atoms with Crippen LogP contribution in [0, 0.1) is 0 Å². The van der Waals surface area contributed by atoms with Crippen LogP contribution in [0.15, 0.2) is 89.0 Å². The summed E-state index contributed by atoms with van der Waals surface area (Å²) >= 11 is 0. The summed E-state index contributed by atoms with van der Waals surface area (Å²) < 4.78 is 27.8. The zero-order chi connectivity index (χ0) is 21.1. The normalized spacial score (nSPS) is 11.6. The van der Waals surface area contributed by atoms with Crippen LogP contribution in [-0.4, -0.2) is 23.6 Å². The molecule has 0 spiro atoms. The fraction of sp³-hybridized carbons (Fsp3) is 0.167. The van der Waals surface area contributed by atoms with Crippen LogP contribution in [0.4, 0.5) is 0 Å². The molecule has 0 fully saturated rings. The average molecular weight is 419 g/mol. The van der Waals surface area contributed by atoms with Crippen LogP contribution in [0.2, 0.25) is 0 Å². The molecule has 0 atom stereocenters. The van der Waals surface area contributed by atoms with Crippen molar-refractivity contribution in [2.24, 2.45) is 0 Å². The number of nitrogens with zero attached hydrogens (tertiary/aromatic N) is 2. The van der Waals surface area contributed by atoms with Crippen molar-refractivity contribution in [1.82, 2.24) is 9.38 Å². The number of sulfone groups is 1. The maximum Gasteiger partial charge on any atom is 0.206 e. The molecule has 0 amide bonds. The van der Waals surface area contributed by atoms with E-state index in [4.69, 9.17) is 0 Å². The minimum absolute atomic E-state index is 0.0409. The van der Waals surface area contributed by atoms with Gasteiger partial charge in [-0.05, 0) is 54.3 Å². The van der Waals surface area contributed by atoms with Gasteiger partial charge in [-0.15, -0.1) is 0 Å². The molecule has 0 N–H and O–H groups in total. The highest BCUT2D eigenvalue weighted by Crippen LogP contribution is 2.25. The van der Waals surface area contributed by atoms with Gasteiger partial charge in [0.2, 0.25) is 9.84 Å². The number of aryl methyl sites for hydroxylation is 2. The molecule has 4 aromatic rings. The van der Waals surface area contributed by atoms with Gasteiger partial charge in [-0.25, -0.2) is 13.4 Å². The lowest BCUT2D eigenvalue weighted by Gasteiger charge is -2.10. The molecule has 2 heterocycles. The summed E-state index contributed by atoms with van der Waals surface area (Å²) in [6.07, 6.45) is 6.84. The van der Waals surface area contributed by atoms with Crippen molar-refractivity contribution >= 4 is 21.3 Å². The van der Waals surface area contributed by atoms with E-state index in [1.54, 1.807) is 54.9 Å². The number of carbonyl (C=O) groups is 1. The minimum Gasteiger partial charge on any atom is -0.306 e. The number of benzene rings is 2. The second-order valence-electron chi connectivity index (χ2n) is 7.14. The molecule has 4 rings (SSSR count). The number of hydrogen-bond acceptors (Lipinski definition) is 4. The number of hydrogen-bond donors (Lipinski definition) is 0. The van der Waals surface area contributed by atoms with Crippen LogP contribution in [0.25, 0.3) is 5.65 Å². The van der Waals surface area contributed by atoms with Crippen molar-refractivity contribution < 1.29 is 13.2 Å². The second-order valence-corrected chi connectivity index (χ2v) is 9.06. The highest BCUT2D eigenvalue weighted by atomic mass is 32.2. The Balaban J connectivity index is 1.47. The molecular formula is C24H22N2O3S. The molecule has 152 valence electrons. The third kappa shape index (κ3) is 3.91. The first-order valence-corrected chi connectivity index (χ1v) is 11.3. The number of ketones is 1. The molecule has 0 aliphatic rings. The Morgan fingerprint density at radius 2 is 1.77 bits per heavy atom. The lowest BCUT2D eigenvalue weighted by Crippen LogP contribution is -2.06. The summed E-state index contributed by atoms with van der Waals surface area (Å²) in [5, 5.41) is 0. The monoisotopic (exact) mass is 418 g/mol. The number of aromatic nitrogens is 2. The molecule has 0 bridgehead atoms. The Bertz CT molecular complexity index is 1310. The SMILES string of the molecule is CCc1ccccc1S(=O)(=O)c1ccc(CCC(=O)c2ccc3nccn3c2)cc1. The van der Waals surface area contributed by atoms with Gasteiger partial charge in [-0.1, -0.05) is 37.3 Å². The molecular weight excluding hydrogens is 396 g/mol. The number of fused-ring (bicyclic) bond motifs is 1. The minimum atomic E-state index is -3.56. The summed E-state index contributed by atoms with van der Waals surface area (Å²) in [6, 6.07) is 17.5. The zero-order valence-electron chi connectivity index (χ0n) is 16.7. The summed E-state index contributed by atoms with van der Waals surface area (Å²) in [5.41, 5.74) is 3.17. The molecule has 0 radical (unpaired) electrons. The van der Waals surface area contributed by atoms with Gasteiger partial charge in [0.25, 0.3) is 0 Å². The van der Waals surface area contributed by atoms with Crippen LogP contribution in [0.1, 0.15) is 34.8 Å². The molecule has 6 heteroatoms. The lowest BCUT2D eigenvalue weighted by atomic mass is 10.0. The number of pyridine rings is 1. The van der Waals surface area contributed by atoms with Crippen molar-refractivity contribution in [2.75, 3.05) is 0 Å². The zero-order valence-corrected chi connectivity index (χ0v) is 17.5. The van der Waals surface area contributed by atoms with Crippen molar-refractivity contribution in [3.8, 4) is 0 Å². The van der Waals surface area contributed by atoms with Crippen LogP contribution in [-0.2, 0) is 22.7 Å².